The summed E-state index contributed by atoms with van der Waals surface area (Å²) >= 11 is 6.49. The van der Waals surface area contributed by atoms with E-state index in [2.05, 4.69) is 67.2 Å². The summed E-state index contributed by atoms with van der Waals surface area (Å²) in [6, 6.07) is 19.4. The molecule has 4 heterocycles. The summed E-state index contributed by atoms with van der Waals surface area (Å²) in [4.78, 5) is 52.9. The minimum absolute atomic E-state index is 0.147. The third kappa shape index (κ3) is 7.35. The van der Waals surface area contributed by atoms with Gasteiger partial charge in [-0.3, -0.25) is 24.6 Å². The summed E-state index contributed by atoms with van der Waals surface area (Å²) in [6.07, 6.45) is 2.17. The van der Waals surface area contributed by atoms with Gasteiger partial charge in [0.15, 0.2) is 5.82 Å². The molecule has 2 saturated heterocycles. The highest BCUT2D eigenvalue weighted by atomic mass is 35.5. The predicted molar refractivity (Wildman–Crippen MR) is 201 cm³/mol. The van der Waals surface area contributed by atoms with E-state index in [1.165, 1.54) is 5.30 Å². The number of halogens is 1. The van der Waals surface area contributed by atoms with E-state index in [1.54, 1.807) is 18.2 Å². The Balaban J connectivity index is 0.986. The molecule has 0 saturated carbocycles. The van der Waals surface area contributed by atoms with Crippen LogP contribution in [0.15, 0.2) is 66.9 Å². The van der Waals surface area contributed by atoms with Crippen molar-refractivity contribution >= 4 is 71.4 Å². The molecule has 3 aliphatic rings. The van der Waals surface area contributed by atoms with Crippen LogP contribution in [0.5, 0.6) is 5.75 Å². The number of hydrogen-bond donors (Lipinski definition) is 3. The third-order valence-electron chi connectivity index (χ3n) is 9.63. The standard InChI is InChI=1S/C37H40ClN8O4P/c1-50-31-19-24(11-12-28(31)41-37-39-20-27(38)34(43-37)40-29-9-4-5-10-32(29)51(2)3)45-17-15-44(16-18-45)21-23-7-6-8-25-26(23)22-46(36(25)49)30-13-14-33(47)42-35(30)48/h4-12,19-20,30H,13-18,21-22H2,1-3H3,(H,42,47,48)(H2,39,40,41,43). The molecule has 0 aliphatic carbocycles. The largest absolute Gasteiger partial charge is 0.494 e. The molecule has 1 aromatic heterocycles. The first-order valence-corrected chi connectivity index (χ1v) is 19.5. The van der Waals surface area contributed by atoms with Crippen molar-refractivity contribution < 1.29 is 19.1 Å². The topological polar surface area (TPSA) is 132 Å². The molecule has 1 atom stereocenters. The number of piperazine rings is 1. The van der Waals surface area contributed by atoms with Gasteiger partial charge in [-0.25, -0.2) is 4.98 Å². The lowest BCUT2D eigenvalue weighted by Gasteiger charge is -2.36. The Labute approximate surface area is 303 Å². The van der Waals surface area contributed by atoms with Gasteiger partial charge in [0.1, 0.15) is 16.8 Å². The molecule has 51 heavy (non-hydrogen) atoms. The Morgan fingerprint density at radius 1 is 0.980 bits per heavy atom. The lowest BCUT2D eigenvalue weighted by atomic mass is 10.0. The molecule has 3 amide bonds. The molecule has 3 aliphatic heterocycles. The number of piperidine rings is 1. The number of ether oxygens (including phenoxy) is 1. The van der Waals surface area contributed by atoms with Gasteiger partial charge in [0, 0.05) is 68.7 Å². The highest BCUT2D eigenvalue weighted by Crippen LogP contribution is 2.35. The Morgan fingerprint density at radius 2 is 1.78 bits per heavy atom. The molecule has 12 nitrogen and oxygen atoms in total. The van der Waals surface area contributed by atoms with E-state index in [-0.39, 0.29) is 26.2 Å². The normalized spacial score (nSPS) is 17.8. The first-order valence-electron chi connectivity index (χ1n) is 16.9. The molecule has 14 heteroatoms. The van der Waals surface area contributed by atoms with Gasteiger partial charge >= 0.3 is 0 Å². The van der Waals surface area contributed by atoms with Crippen molar-refractivity contribution in [3.63, 3.8) is 0 Å². The van der Waals surface area contributed by atoms with Gasteiger partial charge in [-0.1, -0.05) is 49.9 Å². The average molecular weight is 727 g/mol. The Bertz CT molecular complexity index is 1990. The first-order chi connectivity index (χ1) is 24.7. The van der Waals surface area contributed by atoms with Crippen molar-refractivity contribution in [2.45, 2.75) is 32.0 Å². The van der Waals surface area contributed by atoms with Crippen molar-refractivity contribution in [1.82, 2.24) is 25.1 Å². The van der Waals surface area contributed by atoms with Crippen molar-refractivity contribution in [3.05, 3.63) is 88.6 Å². The van der Waals surface area contributed by atoms with Crippen LogP contribution in [0.25, 0.3) is 0 Å². The summed E-state index contributed by atoms with van der Waals surface area (Å²) in [6.45, 7) is 8.83. The smallest absolute Gasteiger partial charge is 0.255 e. The number of imide groups is 1. The van der Waals surface area contributed by atoms with E-state index >= 15 is 0 Å². The number of anilines is 5. The molecule has 7 rings (SSSR count). The summed E-state index contributed by atoms with van der Waals surface area (Å²) in [7, 11) is 1.32. The second kappa shape index (κ2) is 14.8. The number of nitrogens with zero attached hydrogens (tertiary/aromatic N) is 5. The molecule has 3 aromatic carbocycles. The zero-order chi connectivity index (χ0) is 35.6. The third-order valence-corrected chi connectivity index (χ3v) is 11.3. The average Bonchev–Trinajstić information content (AvgIpc) is 3.47. The van der Waals surface area contributed by atoms with Gasteiger partial charge in [0.2, 0.25) is 17.8 Å². The van der Waals surface area contributed by atoms with Gasteiger partial charge in [0.05, 0.1) is 19.0 Å². The van der Waals surface area contributed by atoms with E-state index in [4.69, 9.17) is 16.3 Å². The maximum absolute atomic E-state index is 13.3. The van der Waals surface area contributed by atoms with Crippen LogP contribution in [0.2, 0.25) is 5.02 Å². The summed E-state index contributed by atoms with van der Waals surface area (Å²) in [5.41, 5.74) is 5.46. The van der Waals surface area contributed by atoms with E-state index in [9.17, 15) is 14.4 Å². The fourth-order valence-electron chi connectivity index (χ4n) is 6.92. The van der Waals surface area contributed by atoms with Crippen LogP contribution in [0.3, 0.4) is 0 Å². The molecular weight excluding hydrogens is 687 g/mol. The number of carbonyl (C=O) groups excluding carboxylic acids is 3. The lowest BCUT2D eigenvalue weighted by molar-refractivity contribution is -0.136. The molecule has 4 aromatic rings. The maximum Gasteiger partial charge on any atom is 0.255 e. The molecule has 264 valence electrons. The van der Waals surface area contributed by atoms with Gasteiger partial charge < -0.3 is 25.2 Å². The molecule has 3 N–H and O–H groups in total. The van der Waals surface area contributed by atoms with Crippen molar-refractivity contribution in [2.75, 3.05) is 62.2 Å². The number of fused-ring (bicyclic) bond motifs is 1. The molecule has 0 radical (unpaired) electrons. The van der Waals surface area contributed by atoms with E-state index in [1.807, 2.05) is 42.5 Å². The van der Waals surface area contributed by atoms with Crippen LogP contribution in [0.1, 0.15) is 34.3 Å². The molecule has 0 bridgehead atoms. The van der Waals surface area contributed by atoms with Crippen molar-refractivity contribution in [1.29, 1.82) is 0 Å². The monoisotopic (exact) mass is 726 g/mol. The summed E-state index contributed by atoms with van der Waals surface area (Å²) < 4.78 is 5.79. The van der Waals surface area contributed by atoms with Gasteiger partial charge in [-0.2, -0.15) is 4.98 Å². The number of nitrogens with one attached hydrogen (secondary N) is 3. The number of aromatic nitrogens is 2. The highest BCUT2D eigenvalue weighted by Gasteiger charge is 2.40. The highest BCUT2D eigenvalue weighted by molar-refractivity contribution is 7.64. The molecule has 2 fully saturated rings. The van der Waals surface area contributed by atoms with Crippen LogP contribution in [0, 0.1) is 0 Å². The van der Waals surface area contributed by atoms with Gasteiger partial charge in [-0.05, 0) is 60.4 Å². The zero-order valence-electron chi connectivity index (χ0n) is 28.8. The summed E-state index contributed by atoms with van der Waals surface area (Å²) in [5.74, 6) is 0.751. The zero-order valence-corrected chi connectivity index (χ0v) is 30.4. The van der Waals surface area contributed by atoms with Crippen LogP contribution >= 0.6 is 19.5 Å². The second-order valence-electron chi connectivity index (χ2n) is 13.0. The minimum atomic E-state index is -0.621. The number of para-hydroxylation sites is 1. The van der Waals surface area contributed by atoms with Crippen LogP contribution in [-0.4, -0.2) is 90.1 Å². The number of amides is 3. The van der Waals surface area contributed by atoms with Crippen LogP contribution in [-0.2, 0) is 22.7 Å². The van der Waals surface area contributed by atoms with Gasteiger partial charge in [0.25, 0.3) is 5.91 Å². The molecule has 1 unspecified atom stereocenters. The SMILES string of the molecule is COc1cc(N2CCN(Cc3cccc4c3CN(C3CCC(=O)NC3=O)C4=O)CC2)ccc1Nc1ncc(Cl)c(Nc2ccccc2P(C)C)n1. The number of methoxy groups -OCH3 is 1. The lowest BCUT2D eigenvalue weighted by Crippen LogP contribution is -2.52. The molecule has 0 spiro atoms. The van der Waals surface area contributed by atoms with Crippen LogP contribution < -0.4 is 30.9 Å². The Hall–Kier alpha value is -4.77. The fourth-order valence-corrected chi connectivity index (χ4v) is 8.05. The number of benzene rings is 3. The van der Waals surface area contributed by atoms with E-state index < -0.39 is 11.9 Å². The number of hydrogen-bond acceptors (Lipinski definition) is 10. The Kier molecular flexibility index (Phi) is 10.1. The summed E-state index contributed by atoms with van der Waals surface area (Å²) in [5, 5.41) is 10.7. The van der Waals surface area contributed by atoms with E-state index in [0.29, 0.717) is 47.6 Å². The van der Waals surface area contributed by atoms with Crippen molar-refractivity contribution in [2.24, 2.45) is 0 Å². The van der Waals surface area contributed by atoms with Crippen molar-refractivity contribution in [3.8, 4) is 5.75 Å². The number of rotatable bonds is 10. The Morgan fingerprint density at radius 3 is 2.55 bits per heavy atom. The fraction of sp³-hybridized carbons (Fsp3) is 0.324. The minimum Gasteiger partial charge on any atom is -0.494 e. The number of carbonyl (C=O) groups is 3. The second-order valence-corrected chi connectivity index (χ2v) is 15.7. The first kappa shape index (κ1) is 34.7. The maximum atomic E-state index is 13.3. The van der Waals surface area contributed by atoms with Gasteiger partial charge in [-0.15, -0.1) is 0 Å². The predicted octanol–water partition coefficient (Wildman–Crippen LogP) is 5.08. The quantitative estimate of drug-likeness (QED) is 0.150. The van der Waals surface area contributed by atoms with E-state index in [0.717, 1.165) is 54.4 Å². The van der Waals surface area contributed by atoms with Crippen LogP contribution in [0.4, 0.5) is 28.8 Å². The molecular formula is C37H40ClN8O4P.